The Hall–Kier alpha value is -0.860. The van der Waals surface area contributed by atoms with Crippen LogP contribution in [0.5, 0.6) is 0 Å². The predicted octanol–water partition coefficient (Wildman–Crippen LogP) is 3.02. The summed E-state index contributed by atoms with van der Waals surface area (Å²) in [4.78, 5) is 0. The maximum absolute atomic E-state index is 9.31. The van der Waals surface area contributed by atoms with E-state index < -0.39 is 0 Å². The highest BCUT2D eigenvalue weighted by atomic mass is 16.3. The van der Waals surface area contributed by atoms with E-state index in [1.165, 1.54) is 11.1 Å². The molecule has 0 aliphatic heterocycles. The molecular formula is C16H27NO. The highest BCUT2D eigenvalue weighted by Crippen LogP contribution is 2.36. The van der Waals surface area contributed by atoms with Crippen LogP contribution < -0.4 is 5.73 Å². The molecule has 0 amide bonds. The molecule has 1 atom stereocenters. The van der Waals surface area contributed by atoms with Crippen molar-refractivity contribution in [2.45, 2.75) is 57.9 Å². The third-order valence-electron chi connectivity index (χ3n) is 4.16. The molecule has 102 valence electrons. The average Bonchev–Trinajstić information content (AvgIpc) is 2.29. The number of benzene rings is 1. The van der Waals surface area contributed by atoms with Gasteiger partial charge >= 0.3 is 0 Å². The Morgan fingerprint density at radius 1 is 1.11 bits per heavy atom. The van der Waals surface area contributed by atoms with Crippen LogP contribution in [-0.2, 0) is 11.8 Å². The lowest BCUT2D eigenvalue weighted by atomic mass is 9.66. The van der Waals surface area contributed by atoms with Gasteiger partial charge < -0.3 is 10.8 Å². The Bertz CT molecular complexity index is 364. The zero-order valence-corrected chi connectivity index (χ0v) is 12.2. The molecule has 0 saturated carbocycles. The van der Waals surface area contributed by atoms with Gasteiger partial charge in [0, 0.05) is 17.6 Å². The summed E-state index contributed by atoms with van der Waals surface area (Å²) >= 11 is 0. The van der Waals surface area contributed by atoms with Crippen molar-refractivity contribution in [1.82, 2.24) is 0 Å². The summed E-state index contributed by atoms with van der Waals surface area (Å²) in [5, 5.41) is 9.31. The Morgan fingerprint density at radius 2 is 1.67 bits per heavy atom. The molecule has 0 aliphatic rings. The standard InChI is InChI=1S/C16H27NO/c1-5-6-13-7-9-14(10-8-13)16(4,11-12-18)15(2,3)17/h7-10,18H,5-6,11-12,17H2,1-4H3. The van der Waals surface area contributed by atoms with E-state index in [2.05, 4.69) is 38.1 Å². The largest absolute Gasteiger partial charge is 0.396 e. The molecule has 1 aromatic rings. The molecule has 1 aromatic carbocycles. The fourth-order valence-corrected chi connectivity index (χ4v) is 2.39. The third-order valence-corrected chi connectivity index (χ3v) is 4.16. The first-order valence-corrected chi connectivity index (χ1v) is 6.84. The van der Waals surface area contributed by atoms with Crippen LogP contribution in [0.1, 0.15) is 51.7 Å². The summed E-state index contributed by atoms with van der Waals surface area (Å²) in [7, 11) is 0. The van der Waals surface area contributed by atoms with Crippen LogP contribution in [-0.4, -0.2) is 17.3 Å². The van der Waals surface area contributed by atoms with Crippen LogP contribution >= 0.6 is 0 Å². The highest BCUT2D eigenvalue weighted by molar-refractivity contribution is 5.32. The minimum atomic E-state index is -0.359. The Labute approximate surface area is 111 Å². The summed E-state index contributed by atoms with van der Waals surface area (Å²) in [6.45, 7) is 8.55. The fraction of sp³-hybridized carbons (Fsp3) is 0.625. The third kappa shape index (κ3) is 3.12. The van der Waals surface area contributed by atoms with Crippen LogP contribution in [0.3, 0.4) is 0 Å². The van der Waals surface area contributed by atoms with Gasteiger partial charge in [-0.1, -0.05) is 44.5 Å². The van der Waals surface area contributed by atoms with Crippen LogP contribution in [0.25, 0.3) is 0 Å². The first-order chi connectivity index (χ1) is 8.35. The van der Waals surface area contributed by atoms with Crippen molar-refractivity contribution in [3.05, 3.63) is 35.4 Å². The van der Waals surface area contributed by atoms with E-state index in [4.69, 9.17) is 5.73 Å². The summed E-state index contributed by atoms with van der Waals surface area (Å²) in [5.74, 6) is 0. The van der Waals surface area contributed by atoms with Crippen molar-refractivity contribution in [2.24, 2.45) is 5.73 Å². The van der Waals surface area contributed by atoms with Gasteiger partial charge in [-0.15, -0.1) is 0 Å². The molecular weight excluding hydrogens is 222 g/mol. The van der Waals surface area contributed by atoms with E-state index in [0.29, 0.717) is 6.42 Å². The van der Waals surface area contributed by atoms with E-state index in [-0.39, 0.29) is 17.6 Å². The zero-order valence-electron chi connectivity index (χ0n) is 12.2. The fourth-order valence-electron chi connectivity index (χ4n) is 2.39. The molecule has 0 heterocycles. The maximum atomic E-state index is 9.31. The summed E-state index contributed by atoms with van der Waals surface area (Å²) in [6, 6.07) is 8.69. The van der Waals surface area contributed by atoms with E-state index in [1.54, 1.807) is 0 Å². The van der Waals surface area contributed by atoms with Crippen molar-refractivity contribution in [3.63, 3.8) is 0 Å². The lowest BCUT2D eigenvalue weighted by Gasteiger charge is -2.42. The number of aliphatic hydroxyl groups excluding tert-OH is 1. The van der Waals surface area contributed by atoms with E-state index in [9.17, 15) is 5.11 Å². The lowest BCUT2D eigenvalue weighted by molar-refractivity contribution is 0.190. The summed E-state index contributed by atoms with van der Waals surface area (Å²) in [6.07, 6.45) is 2.96. The molecule has 1 rings (SSSR count). The monoisotopic (exact) mass is 249 g/mol. The zero-order chi connectivity index (χ0) is 13.8. The topological polar surface area (TPSA) is 46.2 Å². The second-order valence-electron chi connectivity index (χ2n) is 5.97. The van der Waals surface area contributed by atoms with Crippen molar-refractivity contribution in [3.8, 4) is 0 Å². The number of rotatable bonds is 6. The maximum Gasteiger partial charge on any atom is 0.0440 e. The van der Waals surface area contributed by atoms with Crippen LogP contribution in [0.4, 0.5) is 0 Å². The smallest absolute Gasteiger partial charge is 0.0440 e. The predicted molar refractivity (Wildman–Crippen MR) is 77.8 cm³/mol. The van der Waals surface area contributed by atoms with Crippen LogP contribution in [0, 0.1) is 0 Å². The molecule has 0 spiro atoms. The molecule has 0 bridgehead atoms. The minimum Gasteiger partial charge on any atom is -0.396 e. The Kier molecular flexibility index (Phi) is 4.94. The molecule has 3 N–H and O–H groups in total. The molecule has 0 saturated heterocycles. The van der Waals surface area contributed by atoms with Gasteiger partial charge in [0.2, 0.25) is 0 Å². The Balaban J connectivity index is 3.07. The molecule has 0 radical (unpaired) electrons. The minimum absolute atomic E-state index is 0.161. The Morgan fingerprint density at radius 3 is 2.06 bits per heavy atom. The molecule has 2 heteroatoms. The molecule has 2 nitrogen and oxygen atoms in total. The van der Waals surface area contributed by atoms with Gasteiger partial charge in [0.25, 0.3) is 0 Å². The SMILES string of the molecule is CCCc1ccc(C(C)(CCO)C(C)(C)N)cc1. The van der Waals surface area contributed by atoms with Crippen molar-refractivity contribution < 1.29 is 5.11 Å². The second kappa shape index (κ2) is 5.85. The summed E-state index contributed by atoms with van der Waals surface area (Å²) in [5.41, 5.74) is 8.33. The van der Waals surface area contributed by atoms with Gasteiger partial charge in [0.1, 0.15) is 0 Å². The number of nitrogens with two attached hydrogens (primary N) is 1. The molecule has 0 fully saturated rings. The first kappa shape index (κ1) is 15.2. The molecule has 18 heavy (non-hydrogen) atoms. The normalized spacial score (nSPS) is 15.4. The highest BCUT2D eigenvalue weighted by Gasteiger charge is 2.38. The average molecular weight is 249 g/mol. The lowest BCUT2D eigenvalue weighted by Crippen LogP contribution is -2.52. The molecule has 0 aromatic heterocycles. The van der Waals surface area contributed by atoms with E-state index >= 15 is 0 Å². The van der Waals surface area contributed by atoms with E-state index in [0.717, 1.165) is 12.8 Å². The quantitative estimate of drug-likeness (QED) is 0.814. The van der Waals surface area contributed by atoms with Crippen LogP contribution in [0.2, 0.25) is 0 Å². The number of hydrogen-bond donors (Lipinski definition) is 2. The number of aliphatic hydroxyl groups is 1. The van der Waals surface area contributed by atoms with Gasteiger partial charge in [0.05, 0.1) is 0 Å². The first-order valence-electron chi connectivity index (χ1n) is 6.84. The van der Waals surface area contributed by atoms with Gasteiger partial charge in [-0.3, -0.25) is 0 Å². The van der Waals surface area contributed by atoms with Crippen molar-refractivity contribution in [2.75, 3.05) is 6.61 Å². The van der Waals surface area contributed by atoms with Gasteiger partial charge in [-0.2, -0.15) is 0 Å². The molecule has 1 unspecified atom stereocenters. The van der Waals surface area contributed by atoms with Gasteiger partial charge in [-0.25, -0.2) is 0 Å². The van der Waals surface area contributed by atoms with Crippen LogP contribution in [0.15, 0.2) is 24.3 Å². The van der Waals surface area contributed by atoms with E-state index in [1.807, 2.05) is 13.8 Å². The van der Waals surface area contributed by atoms with Gasteiger partial charge in [0.15, 0.2) is 0 Å². The number of hydrogen-bond acceptors (Lipinski definition) is 2. The van der Waals surface area contributed by atoms with Crippen molar-refractivity contribution >= 4 is 0 Å². The number of aryl methyl sites for hydroxylation is 1. The second-order valence-corrected chi connectivity index (χ2v) is 5.97. The molecule has 0 aliphatic carbocycles. The van der Waals surface area contributed by atoms with Crippen molar-refractivity contribution in [1.29, 1.82) is 0 Å². The van der Waals surface area contributed by atoms with Gasteiger partial charge in [-0.05, 0) is 37.8 Å². The summed E-state index contributed by atoms with van der Waals surface area (Å²) < 4.78 is 0.